The topological polar surface area (TPSA) is 29.0 Å². The summed E-state index contributed by atoms with van der Waals surface area (Å²) in [5, 5.41) is 0.972. The van der Waals surface area contributed by atoms with Crippen LogP contribution in [0.1, 0.15) is 12.8 Å². The smallest absolute Gasteiger partial charge is 0.146 e. The molecule has 1 aliphatic carbocycles. The van der Waals surface area contributed by atoms with E-state index in [9.17, 15) is 0 Å². The van der Waals surface area contributed by atoms with E-state index >= 15 is 0 Å². The van der Waals surface area contributed by atoms with Gasteiger partial charge in [0.15, 0.2) is 0 Å². The second kappa shape index (κ2) is 4.57. The van der Waals surface area contributed by atoms with Gasteiger partial charge < -0.3 is 4.90 Å². The molecule has 0 aromatic carbocycles. The largest absolute Gasteiger partial charge is 0.352 e. The van der Waals surface area contributed by atoms with Crippen molar-refractivity contribution in [1.82, 2.24) is 9.97 Å². The number of rotatable bonds is 4. The molecule has 0 atom stereocenters. The van der Waals surface area contributed by atoms with Gasteiger partial charge in [0.1, 0.15) is 12.1 Å². The Labute approximate surface area is 100 Å². The van der Waals surface area contributed by atoms with Crippen LogP contribution < -0.4 is 4.90 Å². The molecular formula is C9H11Br2N3. The molecule has 1 heterocycles. The first-order valence-electron chi connectivity index (χ1n) is 4.61. The predicted molar refractivity (Wildman–Crippen MR) is 63.9 cm³/mol. The van der Waals surface area contributed by atoms with Gasteiger partial charge in [-0.05, 0) is 28.8 Å². The van der Waals surface area contributed by atoms with Gasteiger partial charge in [0.2, 0.25) is 0 Å². The normalized spacial score (nSPS) is 15.6. The highest BCUT2D eigenvalue weighted by Gasteiger charge is 2.30. The fourth-order valence-corrected chi connectivity index (χ4v) is 2.29. The highest BCUT2D eigenvalue weighted by molar-refractivity contribution is 9.10. The van der Waals surface area contributed by atoms with E-state index in [1.54, 1.807) is 12.5 Å². The lowest BCUT2D eigenvalue weighted by atomic mass is 10.4. The molecule has 0 aliphatic heterocycles. The summed E-state index contributed by atoms with van der Waals surface area (Å²) < 4.78 is 0.979. The third kappa shape index (κ3) is 2.25. The molecule has 0 saturated heterocycles. The van der Waals surface area contributed by atoms with Gasteiger partial charge in [-0.25, -0.2) is 9.97 Å². The Hall–Kier alpha value is -0.160. The van der Waals surface area contributed by atoms with Crippen LogP contribution in [0.4, 0.5) is 5.82 Å². The van der Waals surface area contributed by atoms with Crippen LogP contribution in [0.5, 0.6) is 0 Å². The van der Waals surface area contributed by atoms with Crippen molar-refractivity contribution < 1.29 is 0 Å². The summed E-state index contributed by atoms with van der Waals surface area (Å²) in [6.45, 7) is 1.00. The summed E-state index contributed by atoms with van der Waals surface area (Å²) in [5.41, 5.74) is 0. The molecule has 0 spiro atoms. The molecule has 1 saturated carbocycles. The van der Waals surface area contributed by atoms with Crippen molar-refractivity contribution in [2.75, 3.05) is 16.8 Å². The van der Waals surface area contributed by atoms with E-state index in [2.05, 4.69) is 46.7 Å². The Morgan fingerprint density at radius 3 is 2.86 bits per heavy atom. The summed E-state index contributed by atoms with van der Waals surface area (Å²) in [6, 6.07) is 0.679. The molecular weight excluding hydrogens is 310 g/mol. The molecule has 0 N–H and O–H groups in total. The van der Waals surface area contributed by atoms with E-state index in [-0.39, 0.29) is 0 Å². The fraction of sp³-hybridized carbons (Fsp3) is 0.556. The number of aromatic nitrogens is 2. The van der Waals surface area contributed by atoms with Crippen molar-refractivity contribution in [3.63, 3.8) is 0 Å². The Bertz CT molecular complexity index is 315. The van der Waals surface area contributed by atoms with Crippen LogP contribution in [0.15, 0.2) is 17.0 Å². The highest BCUT2D eigenvalue weighted by atomic mass is 79.9. The maximum atomic E-state index is 4.31. The van der Waals surface area contributed by atoms with Crippen LogP contribution in [-0.2, 0) is 0 Å². The van der Waals surface area contributed by atoms with E-state index < -0.39 is 0 Å². The zero-order valence-corrected chi connectivity index (χ0v) is 10.8. The molecule has 1 fully saturated rings. The zero-order chi connectivity index (χ0) is 9.97. The molecule has 1 aromatic heterocycles. The number of nitrogens with zero attached hydrogens (tertiary/aromatic N) is 3. The molecule has 76 valence electrons. The van der Waals surface area contributed by atoms with Crippen molar-refractivity contribution in [1.29, 1.82) is 0 Å². The third-order valence-corrected chi connectivity index (χ3v) is 3.15. The molecule has 0 bridgehead atoms. The molecule has 5 heteroatoms. The Balaban J connectivity index is 2.21. The van der Waals surface area contributed by atoms with E-state index in [0.717, 1.165) is 22.2 Å². The maximum Gasteiger partial charge on any atom is 0.146 e. The van der Waals surface area contributed by atoms with E-state index in [1.807, 2.05) is 0 Å². The minimum Gasteiger partial charge on any atom is -0.352 e. The molecule has 2 rings (SSSR count). The number of hydrogen-bond donors (Lipinski definition) is 0. The van der Waals surface area contributed by atoms with E-state index in [1.165, 1.54) is 12.8 Å². The lowest BCUT2D eigenvalue weighted by molar-refractivity contribution is 0.808. The summed E-state index contributed by atoms with van der Waals surface area (Å²) in [7, 11) is 0. The standard InChI is InChI=1S/C9H11Br2N3/c10-3-4-14(7-1-2-7)9-8(11)5-12-6-13-9/h5-7H,1-4H2. The van der Waals surface area contributed by atoms with E-state index in [0.29, 0.717) is 6.04 Å². The molecule has 0 unspecified atom stereocenters. The van der Waals surface area contributed by atoms with Crippen LogP contribution >= 0.6 is 31.9 Å². The molecule has 14 heavy (non-hydrogen) atoms. The number of hydrogen-bond acceptors (Lipinski definition) is 3. The van der Waals surface area contributed by atoms with Crippen molar-refractivity contribution in [3.8, 4) is 0 Å². The van der Waals surface area contributed by atoms with Crippen molar-refractivity contribution in [3.05, 3.63) is 17.0 Å². The van der Waals surface area contributed by atoms with Gasteiger partial charge >= 0.3 is 0 Å². The molecule has 0 amide bonds. The van der Waals surface area contributed by atoms with Crippen molar-refractivity contribution >= 4 is 37.7 Å². The van der Waals surface area contributed by atoms with Crippen molar-refractivity contribution in [2.24, 2.45) is 0 Å². The quantitative estimate of drug-likeness (QED) is 0.799. The number of halogens is 2. The van der Waals surface area contributed by atoms with Gasteiger partial charge in [-0.2, -0.15) is 0 Å². The minimum absolute atomic E-state index is 0.679. The first-order valence-corrected chi connectivity index (χ1v) is 6.52. The van der Waals surface area contributed by atoms with Crippen LogP contribution in [0, 0.1) is 0 Å². The number of alkyl halides is 1. The molecule has 0 radical (unpaired) electrons. The van der Waals surface area contributed by atoms with Gasteiger partial charge in [-0.1, -0.05) is 15.9 Å². The predicted octanol–water partition coefficient (Wildman–Crippen LogP) is 2.60. The van der Waals surface area contributed by atoms with Gasteiger partial charge in [-0.15, -0.1) is 0 Å². The minimum atomic E-state index is 0.679. The first kappa shape index (κ1) is 10.4. The molecule has 1 aliphatic rings. The maximum absolute atomic E-state index is 4.31. The lowest BCUT2D eigenvalue weighted by Gasteiger charge is -2.22. The Kier molecular flexibility index (Phi) is 3.38. The van der Waals surface area contributed by atoms with Crippen LogP contribution in [-0.4, -0.2) is 27.9 Å². The average Bonchev–Trinajstić information content (AvgIpc) is 2.99. The summed E-state index contributed by atoms with van der Waals surface area (Å²) in [6.07, 6.45) is 5.96. The SMILES string of the molecule is BrCCN(c1ncncc1Br)C1CC1. The fourth-order valence-electron chi connectivity index (χ4n) is 1.46. The van der Waals surface area contributed by atoms with Gasteiger partial charge in [0, 0.05) is 24.1 Å². The highest BCUT2D eigenvalue weighted by Crippen LogP contribution is 2.33. The molecule has 1 aromatic rings. The average molecular weight is 321 g/mol. The van der Waals surface area contributed by atoms with Crippen LogP contribution in [0.2, 0.25) is 0 Å². The Morgan fingerprint density at radius 2 is 2.29 bits per heavy atom. The summed E-state index contributed by atoms with van der Waals surface area (Å²) >= 11 is 6.95. The first-order chi connectivity index (χ1) is 6.83. The van der Waals surface area contributed by atoms with E-state index in [4.69, 9.17) is 0 Å². The summed E-state index contributed by atoms with van der Waals surface area (Å²) in [5.74, 6) is 1.02. The van der Waals surface area contributed by atoms with Crippen LogP contribution in [0.3, 0.4) is 0 Å². The summed E-state index contributed by atoms with van der Waals surface area (Å²) in [4.78, 5) is 10.6. The zero-order valence-electron chi connectivity index (χ0n) is 7.66. The van der Waals surface area contributed by atoms with Gasteiger partial charge in [0.05, 0.1) is 4.47 Å². The monoisotopic (exact) mass is 319 g/mol. The lowest BCUT2D eigenvalue weighted by Crippen LogP contribution is -2.28. The Morgan fingerprint density at radius 1 is 1.50 bits per heavy atom. The molecule has 3 nitrogen and oxygen atoms in total. The third-order valence-electron chi connectivity index (χ3n) is 2.23. The second-order valence-corrected chi connectivity index (χ2v) is 4.96. The van der Waals surface area contributed by atoms with Crippen molar-refractivity contribution in [2.45, 2.75) is 18.9 Å². The van der Waals surface area contributed by atoms with Crippen LogP contribution in [0.25, 0.3) is 0 Å². The van der Waals surface area contributed by atoms with Gasteiger partial charge in [0.25, 0.3) is 0 Å². The second-order valence-electron chi connectivity index (χ2n) is 3.31. The van der Waals surface area contributed by atoms with Gasteiger partial charge in [-0.3, -0.25) is 0 Å². The number of anilines is 1.